The summed E-state index contributed by atoms with van der Waals surface area (Å²) in [5.74, 6) is 0.640. The first-order chi connectivity index (χ1) is 8.07. The highest BCUT2D eigenvalue weighted by Crippen LogP contribution is 2.06. The zero-order chi connectivity index (χ0) is 13.3. The molecule has 1 rings (SSSR count). The molecule has 0 radical (unpaired) electrons. The van der Waals surface area contributed by atoms with Gasteiger partial charge in [-0.05, 0) is 0 Å². The Morgan fingerprint density at radius 3 is 1.41 bits per heavy atom. The first kappa shape index (κ1) is 14.6. The third kappa shape index (κ3) is 5.92. The van der Waals surface area contributed by atoms with Gasteiger partial charge >= 0.3 is 5.97 Å². The molecular weight excluding hydrogens is 224 g/mol. The van der Waals surface area contributed by atoms with Gasteiger partial charge in [0.05, 0.1) is 0 Å². The molecule has 0 unspecified atom stereocenters. The van der Waals surface area contributed by atoms with E-state index in [4.69, 9.17) is 5.11 Å². The maximum Gasteiger partial charge on any atom is 0.327 e. The van der Waals surface area contributed by atoms with Crippen LogP contribution in [0.5, 0.6) is 0 Å². The minimum Gasteiger partial charge on any atom is -0.478 e. The van der Waals surface area contributed by atoms with Crippen molar-refractivity contribution in [3.63, 3.8) is 0 Å². The third-order valence-corrected chi connectivity index (χ3v) is 1.48. The van der Waals surface area contributed by atoms with Crippen molar-refractivity contribution in [3.8, 4) is 0 Å². The van der Waals surface area contributed by atoms with E-state index in [-0.39, 0.29) is 0 Å². The second-order valence-electron chi connectivity index (χ2n) is 2.60. The second kappa shape index (κ2) is 7.85. The van der Waals surface area contributed by atoms with Gasteiger partial charge in [0.15, 0.2) is 0 Å². The molecule has 0 aliphatic rings. The van der Waals surface area contributed by atoms with Crippen molar-refractivity contribution < 1.29 is 9.90 Å². The highest BCUT2D eigenvalue weighted by molar-refractivity contribution is 5.78. The lowest BCUT2D eigenvalue weighted by atomic mass is 10.7. The first-order valence-corrected chi connectivity index (χ1v) is 4.72. The van der Waals surface area contributed by atoms with Crippen LogP contribution in [0.2, 0.25) is 0 Å². The summed E-state index contributed by atoms with van der Waals surface area (Å²) < 4.78 is 0. The van der Waals surface area contributed by atoms with E-state index in [1.165, 1.54) is 0 Å². The molecule has 1 heterocycles. The summed E-state index contributed by atoms with van der Waals surface area (Å²) in [6.45, 7) is 2.96. The lowest BCUT2D eigenvalue weighted by Crippen LogP contribution is -2.06. The summed E-state index contributed by atoms with van der Waals surface area (Å²) in [4.78, 5) is 21.4. The van der Waals surface area contributed by atoms with Crippen molar-refractivity contribution in [2.75, 3.05) is 37.1 Å². The molecule has 0 bridgehead atoms. The van der Waals surface area contributed by atoms with Gasteiger partial charge in [-0.25, -0.2) is 4.79 Å². The van der Waals surface area contributed by atoms with Crippen LogP contribution < -0.4 is 16.0 Å². The van der Waals surface area contributed by atoms with Gasteiger partial charge in [0.1, 0.15) is 0 Å². The molecule has 0 aromatic carbocycles. The van der Waals surface area contributed by atoms with Crippen molar-refractivity contribution in [3.05, 3.63) is 12.7 Å². The topological polar surface area (TPSA) is 112 Å². The molecule has 94 valence electrons. The van der Waals surface area contributed by atoms with Gasteiger partial charge in [-0.15, -0.1) is 0 Å². The van der Waals surface area contributed by atoms with Crippen LogP contribution in [0.25, 0.3) is 0 Å². The fraction of sp³-hybridized carbons (Fsp3) is 0.333. The van der Waals surface area contributed by atoms with Crippen LogP contribution in [0.4, 0.5) is 17.8 Å². The summed E-state index contributed by atoms with van der Waals surface area (Å²) in [5.41, 5.74) is 0. The smallest absolute Gasteiger partial charge is 0.327 e. The number of hydrogen-bond acceptors (Lipinski definition) is 7. The van der Waals surface area contributed by atoms with Crippen molar-refractivity contribution in [1.82, 2.24) is 15.0 Å². The van der Waals surface area contributed by atoms with E-state index in [1.54, 1.807) is 21.1 Å². The molecule has 0 fully saturated rings. The van der Waals surface area contributed by atoms with E-state index < -0.39 is 5.97 Å². The Balaban J connectivity index is 0.000000437. The van der Waals surface area contributed by atoms with Gasteiger partial charge in [0, 0.05) is 27.2 Å². The van der Waals surface area contributed by atoms with Crippen LogP contribution in [-0.4, -0.2) is 47.2 Å². The monoisotopic (exact) mass is 240 g/mol. The van der Waals surface area contributed by atoms with Crippen molar-refractivity contribution in [2.24, 2.45) is 0 Å². The van der Waals surface area contributed by atoms with Crippen LogP contribution in [-0.2, 0) is 4.79 Å². The van der Waals surface area contributed by atoms with E-state index in [2.05, 4.69) is 37.5 Å². The van der Waals surface area contributed by atoms with Crippen LogP contribution >= 0.6 is 0 Å². The van der Waals surface area contributed by atoms with Gasteiger partial charge < -0.3 is 21.1 Å². The Bertz CT molecular complexity index is 327. The molecule has 1 aromatic heterocycles. The number of carboxylic acid groups (broad SMARTS) is 1. The quantitative estimate of drug-likeness (QED) is 0.554. The van der Waals surface area contributed by atoms with Gasteiger partial charge in [0.25, 0.3) is 0 Å². The highest BCUT2D eigenvalue weighted by Gasteiger charge is 2.00. The fourth-order valence-corrected chi connectivity index (χ4v) is 0.711. The van der Waals surface area contributed by atoms with E-state index in [9.17, 15) is 4.79 Å². The number of rotatable bonds is 4. The average molecular weight is 240 g/mol. The van der Waals surface area contributed by atoms with Gasteiger partial charge in [-0.3, -0.25) is 0 Å². The van der Waals surface area contributed by atoms with E-state index in [0.717, 1.165) is 6.08 Å². The summed E-state index contributed by atoms with van der Waals surface area (Å²) in [6.07, 6.45) is 0.833. The van der Waals surface area contributed by atoms with Gasteiger partial charge in [-0.2, -0.15) is 15.0 Å². The Hall–Kier alpha value is -2.38. The molecule has 8 heteroatoms. The minimum atomic E-state index is -0.981. The summed E-state index contributed by atoms with van der Waals surface area (Å²) in [5, 5.41) is 16.1. The van der Waals surface area contributed by atoms with E-state index in [0.29, 0.717) is 17.8 Å². The first-order valence-electron chi connectivity index (χ1n) is 4.72. The molecule has 0 saturated carbocycles. The molecule has 17 heavy (non-hydrogen) atoms. The predicted molar refractivity (Wildman–Crippen MR) is 66.3 cm³/mol. The lowest BCUT2D eigenvalue weighted by Gasteiger charge is -2.04. The zero-order valence-electron chi connectivity index (χ0n) is 9.98. The maximum atomic E-state index is 9.25. The largest absolute Gasteiger partial charge is 0.478 e. The number of aliphatic carboxylic acids is 1. The Labute approximate surface area is 99.2 Å². The number of nitrogens with one attached hydrogen (secondary N) is 3. The zero-order valence-corrected chi connectivity index (χ0v) is 9.98. The van der Waals surface area contributed by atoms with E-state index in [1.807, 2.05) is 0 Å². The van der Waals surface area contributed by atoms with Crippen molar-refractivity contribution in [2.45, 2.75) is 0 Å². The van der Waals surface area contributed by atoms with Gasteiger partial charge in [0.2, 0.25) is 17.8 Å². The molecule has 1 aromatic rings. The minimum absolute atomic E-state index is 0.540. The number of carboxylic acids is 1. The SMILES string of the molecule is C=CC(=O)O.CNc1nc(NC)nc(NC)n1. The molecule has 8 nitrogen and oxygen atoms in total. The predicted octanol–water partition coefficient (Wildman–Crippen LogP) is 0.254. The highest BCUT2D eigenvalue weighted by atomic mass is 16.4. The summed E-state index contributed by atoms with van der Waals surface area (Å²) in [7, 11) is 5.27. The molecular formula is C9H16N6O2. The number of aromatic nitrogens is 3. The average Bonchev–Trinajstić information content (AvgIpc) is 2.38. The number of anilines is 3. The molecule has 0 spiro atoms. The third-order valence-electron chi connectivity index (χ3n) is 1.48. The summed E-state index contributed by atoms with van der Waals surface area (Å²) in [6, 6.07) is 0. The molecule has 0 aliphatic carbocycles. The number of hydrogen-bond donors (Lipinski definition) is 4. The fourth-order valence-electron chi connectivity index (χ4n) is 0.711. The van der Waals surface area contributed by atoms with Crippen LogP contribution in [0.3, 0.4) is 0 Å². The summed E-state index contributed by atoms with van der Waals surface area (Å²) >= 11 is 0. The number of carbonyl (C=O) groups is 1. The lowest BCUT2D eigenvalue weighted by molar-refractivity contribution is -0.131. The standard InChI is InChI=1S/C6H12N6.C3H4O2/c1-7-4-10-5(8-2)12-6(9-3)11-4;1-2-3(4)5/h1-3H3,(H3,7,8,9,10,11,12);2H,1H2,(H,4,5). The maximum absolute atomic E-state index is 9.25. The van der Waals surface area contributed by atoms with Crippen molar-refractivity contribution in [1.29, 1.82) is 0 Å². The molecule has 0 saturated heterocycles. The number of nitrogens with zero attached hydrogens (tertiary/aromatic N) is 3. The van der Waals surface area contributed by atoms with Crippen LogP contribution in [0.15, 0.2) is 12.7 Å². The molecule has 0 atom stereocenters. The molecule has 4 N–H and O–H groups in total. The van der Waals surface area contributed by atoms with Crippen LogP contribution in [0, 0.1) is 0 Å². The Morgan fingerprint density at radius 1 is 1.06 bits per heavy atom. The Kier molecular flexibility index (Phi) is 6.75. The van der Waals surface area contributed by atoms with Gasteiger partial charge in [-0.1, -0.05) is 6.58 Å². The van der Waals surface area contributed by atoms with Crippen LogP contribution in [0.1, 0.15) is 0 Å². The van der Waals surface area contributed by atoms with E-state index >= 15 is 0 Å². The molecule has 0 aliphatic heterocycles. The molecule has 0 amide bonds. The normalized spacial score (nSPS) is 8.41. The van der Waals surface area contributed by atoms with Crippen molar-refractivity contribution >= 4 is 23.8 Å². The Morgan fingerprint density at radius 2 is 1.29 bits per heavy atom. The second-order valence-corrected chi connectivity index (χ2v) is 2.60.